The quantitative estimate of drug-likeness (QED) is 0.593. The number of rotatable bonds is 10. The molecule has 3 atom stereocenters. The van der Waals surface area contributed by atoms with Gasteiger partial charge < -0.3 is 19.5 Å². The minimum Gasteiger partial charge on any atom is -0.435 e. The molecule has 1 aromatic carbocycles. The second kappa shape index (κ2) is 10.5. The Hall–Kier alpha value is -2.52. The number of benzene rings is 1. The van der Waals surface area contributed by atoms with Gasteiger partial charge in [-0.05, 0) is 43.5 Å². The smallest absolute Gasteiger partial charge is 0.387 e. The molecule has 1 amide bonds. The molecule has 1 fully saturated rings. The summed E-state index contributed by atoms with van der Waals surface area (Å²) < 4.78 is 42.2. The number of aryl methyl sites for hydroxylation is 1. The van der Waals surface area contributed by atoms with E-state index in [1.54, 1.807) is 32.4 Å². The van der Waals surface area contributed by atoms with Gasteiger partial charge in [-0.3, -0.25) is 9.48 Å². The van der Waals surface area contributed by atoms with Gasteiger partial charge in [0, 0.05) is 33.1 Å². The molecular weight excluding hydrogens is 396 g/mol. The van der Waals surface area contributed by atoms with E-state index >= 15 is 0 Å². The predicted octanol–water partition coefficient (Wildman–Crippen LogP) is 3.48. The fourth-order valence-corrected chi connectivity index (χ4v) is 3.64. The first-order valence-electron chi connectivity index (χ1n) is 9.97. The molecule has 1 N–H and O–H groups in total. The van der Waals surface area contributed by atoms with Gasteiger partial charge in [0.1, 0.15) is 11.9 Å². The van der Waals surface area contributed by atoms with E-state index in [1.807, 2.05) is 10.7 Å². The van der Waals surface area contributed by atoms with Crippen LogP contribution in [0.3, 0.4) is 0 Å². The fraction of sp³-hybridized carbons (Fsp3) is 0.524. The number of ether oxygens (including phenoxy) is 3. The first kappa shape index (κ1) is 22.2. The van der Waals surface area contributed by atoms with E-state index in [0.29, 0.717) is 31.7 Å². The average molecular weight is 423 g/mol. The third-order valence-electron chi connectivity index (χ3n) is 5.13. The molecule has 0 radical (unpaired) electrons. The number of methoxy groups -OCH3 is 1. The van der Waals surface area contributed by atoms with E-state index in [-0.39, 0.29) is 29.7 Å². The first-order valence-corrected chi connectivity index (χ1v) is 9.97. The molecule has 164 valence electrons. The first-order chi connectivity index (χ1) is 14.5. The third-order valence-corrected chi connectivity index (χ3v) is 5.13. The molecule has 1 saturated heterocycles. The standard InChI is InChI=1S/C21H27F2N3O4/c1-14(15-5-3-6-16(13-15)30-21(22)23)25-20(27)17-8-12-29-19(17)18-7-9-24-26(18)10-4-11-28-2/h3,5-7,9,13-14,17,19,21H,4,8,10-12H2,1-2H3,(H,25,27)/t14-,17-,19-/m0/s1. The molecule has 2 heterocycles. The number of halogens is 2. The Morgan fingerprint density at radius 2 is 2.23 bits per heavy atom. The predicted molar refractivity (Wildman–Crippen MR) is 105 cm³/mol. The molecule has 9 heteroatoms. The summed E-state index contributed by atoms with van der Waals surface area (Å²) >= 11 is 0. The van der Waals surface area contributed by atoms with Gasteiger partial charge in [-0.1, -0.05) is 12.1 Å². The zero-order valence-electron chi connectivity index (χ0n) is 17.1. The van der Waals surface area contributed by atoms with Crippen molar-refractivity contribution in [2.24, 2.45) is 5.92 Å². The Morgan fingerprint density at radius 1 is 1.40 bits per heavy atom. The molecule has 1 aliphatic rings. The van der Waals surface area contributed by atoms with Crippen LogP contribution >= 0.6 is 0 Å². The summed E-state index contributed by atoms with van der Waals surface area (Å²) in [7, 11) is 1.65. The lowest BCUT2D eigenvalue weighted by molar-refractivity contribution is -0.127. The Bertz CT molecular complexity index is 830. The number of aromatic nitrogens is 2. The minimum absolute atomic E-state index is 0.0608. The summed E-state index contributed by atoms with van der Waals surface area (Å²) in [6.07, 6.45) is 2.73. The molecule has 2 aromatic rings. The number of carbonyl (C=O) groups excluding carboxylic acids is 1. The van der Waals surface area contributed by atoms with Crippen molar-refractivity contribution in [2.75, 3.05) is 20.3 Å². The monoisotopic (exact) mass is 423 g/mol. The van der Waals surface area contributed by atoms with Gasteiger partial charge >= 0.3 is 6.61 Å². The van der Waals surface area contributed by atoms with Crippen LogP contribution in [0.4, 0.5) is 8.78 Å². The summed E-state index contributed by atoms with van der Waals surface area (Å²) in [4.78, 5) is 13.0. The highest BCUT2D eigenvalue weighted by atomic mass is 19.3. The topological polar surface area (TPSA) is 74.6 Å². The van der Waals surface area contributed by atoms with Crippen molar-refractivity contribution in [1.29, 1.82) is 0 Å². The second-order valence-electron chi connectivity index (χ2n) is 7.19. The maximum atomic E-state index is 13.0. The van der Waals surface area contributed by atoms with Crippen molar-refractivity contribution in [2.45, 2.75) is 45.1 Å². The Morgan fingerprint density at radius 3 is 3.00 bits per heavy atom. The van der Waals surface area contributed by atoms with Crippen molar-refractivity contribution in [3.8, 4) is 5.75 Å². The van der Waals surface area contributed by atoms with Crippen LogP contribution in [0.1, 0.15) is 43.2 Å². The van der Waals surface area contributed by atoms with Gasteiger partial charge in [-0.25, -0.2) is 0 Å². The molecule has 1 aliphatic heterocycles. The molecule has 0 saturated carbocycles. The van der Waals surface area contributed by atoms with Gasteiger partial charge in [-0.2, -0.15) is 13.9 Å². The summed E-state index contributed by atoms with van der Waals surface area (Å²) in [6.45, 7) is 0.700. The van der Waals surface area contributed by atoms with Crippen LogP contribution < -0.4 is 10.1 Å². The Kier molecular flexibility index (Phi) is 7.75. The van der Waals surface area contributed by atoms with Gasteiger partial charge in [0.2, 0.25) is 5.91 Å². The molecule has 0 spiro atoms. The van der Waals surface area contributed by atoms with Crippen LogP contribution in [0.2, 0.25) is 0 Å². The normalized spacial score (nSPS) is 19.8. The zero-order valence-corrected chi connectivity index (χ0v) is 17.1. The summed E-state index contributed by atoms with van der Waals surface area (Å²) in [5, 5.41) is 7.31. The number of amides is 1. The highest BCUT2D eigenvalue weighted by Crippen LogP contribution is 2.35. The molecule has 1 aromatic heterocycles. The van der Waals surface area contributed by atoms with Crippen molar-refractivity contribution in [3.63, 3.8) is 0 Å². The molecular formula is C21H27F2N3O4. The van der Waals surface area contributed by atoms with Crippen LogP contribution in [0, 0.1) is 5.92 Å². The number of nitrogens with one attached hydrogen (secondary N) is 1. The molecule has 0 bridgehead atoms. The lowest BCUT2D eigenvalue weighted by Gasteiger charge is -2.22. The molecule has 30 heavy (non-hydrogen) atoms. The number of nitrogens with zero attached hydrogens (tertiary/aromatic N) is 2. The van der Waals surface area contributed by atoms with Crippen LogP contribution in [0.25, 0.3) is 0 Å². The van der Waals surface area contributed by atoms with Crippen LogP contribution in [-0.4, -0.2) is 42.6 Å². The number of hydrogen-bond acceptors (Lipinski definition) is 5. The van der Waals surface area contributed by atoms with E-state index < -0.39 is 6.61 Å². The number of hydrogen-bond donors (Lipinski definition) is 1. The van der Waals surface area contributed by atoms with Crippen molar-refractivity contribution < 1.29 is 27.8 Å². The van der Waals surface area contributed by atoms with E-state index in [4.69, 9.17) is 9.47 Å². The maximum absolute atomic E-state index is 13.0. The average Bonchev–Trinajstić information content (AvgIpc) is 3.36. The highest BCUT2D eigenvalue weighted by molar-refractivity contribution is 5.80. The van der Waals surface area contributed by atoms with Gasteiger partial charge in [0.15, 0.2) is 0 Å². The highest BCUT2D eigenvalue weighted by Gasteiger charge is 2.37. The fourth-order valence-electron chi connectivity index (χ4n) is 3.64. The Labute approximate surface area is 174 Å². The number of carbonyl (C=O) groups is 1. The molecule has 3 rings (SSSR count). The third kappa shape index (κ3) is 5.54. The van der Waals surface area contributed by atoms with E-state index in [0.717, 1.165) is 12.1 Å². The Balaban J connectivity index is 1.66. The number of alkyl halides is 2. The van der Waals surface area contributed by atoms with E-state index in [1.165, 1.54) is 12.1 Å². The van der Waals surface area contributed by atoms with Crippen LogP contribution in [0.5, 0.6) is 5.75 Å². The lowest BCUT2D eigenvalue weighted by atomic mass is 9.97. The SMILES string of the molecule is COCCCn1nccc1[C@H]1OCC[C@@H]1C(=O)N[C@@H](C)c1cccc(OC(F)F)c1. The van der Waals surface area contributed by atoms with E-state index in [9.17, 15) is 13.6 Å². The largest absolute Gasteiger partial charge is 0.435 e. The van der Waals surface area contributed by atoms with Crippen molar-refractivity contribution in [3.05, 3.63) is 47.8 Å². The summed E-state index contributed by atoms with van der Waals surface area (Å²) in [5.41, 5.74) is 1.55. The maximum Gasteiger partial charge on any atom is 0.387 e. The van der Waals surface area contributed by atoms with Crippen molar-refractivity contribution in [1.82, 2.24) is 15.1 Å². The minimum atomic E-state index is -2.89. The van der Waals surface area contributed by atoms with Crippen LogP contribution in [0.15, 0.2) is 36.5 Å². The summed E-state index contributed by atoms with van der Waals surface area (Å²) in [6, 6.07) is 7.84. The van der Waals surface area contributed by atoms with Gasteiger partial charge in [0.25, 0.3) is 0 Å². The molecule has 7 nitrogen and oxygen atoms in total. The lowest BCUT2D eigenvalue weighted by Crippen LogP contribution is -2.34. The molecule has 0 unspecified atom stereocenters. The zero-order chi connectivity index (χ0) is 21.5. The van der Waals surface area contributed by atoms with Crippen LogP contribution in [-0.2, 0) is 20.8 Å². The van der Waals surface area contributed by atoms with Crippen molar-refractivity contribution >= 4 is 5.91 Å². The summed E-state index contributed by atoms with van der Waals surface area (Å²) in [5.74, 6) is -0.439. The second-order valence-corrected chi connectivity index (χ2v) is 7.19. The van der Waals surface area contributed by atoms with Gasteiger partial charge in [0.05, 0.1) is 17.7 Å². The molecule has 0 aliphatic carbocycles. The van der Waals surface area contributed by atoms with E-state index in [2.05, 4.69) is 15.2 Å². The van der Waals surface area contributed by atoms with Gasteiger partial charge in [-0.15, -0.1) is 0 Å².